The van der Waals surface area contributed by atoms with Crippen LogP contribution in [0.25, 0.3) is 0 Å². The Hall–Kier alpha value is -1.68. The third-order valence-corrected chi connectivity index (χ3v) is 3.80. The van der Waals surface area contributed by atoms with Gasteiger partial charge in [-0.25, -0.2) is 4.79 Å². The minimum Gasteiger partial charge on any atom is -0.480 e. The van der Waals surface area contributed by atoms with E-state index in [1.807, 2.05) is 5.32 Å². The minimum atomic E-state index is -5.02. The lowest BCUT2D eigenvalue weighted by atomic mass is 10.0. The summed E-state index contributed by atoms with van der Waals surface area (Å²) in [5.74, 6) is -2.09. The van der Waals surface area contributed by atoms with E-state index in [1.54, 1.807) is 0 Å². The third-order valence-electron chi connectivity index (χ3n) is 2.88. The van der Waals surface area contributed by atoms with Crippen LogP contribution in [0.3, 0.4) is 0 Å². The maximum absolute atomic E-state index is 12.8. The monoisotopic (exact) mass is 370 g/mol. The molecule has 2 N–H and O–H groups in total. The van der Waals surface area contributed by atoms with E-state index in [1.165, 1.54) is 18.2 Å². The highest BCUT2D eigenvalue weighted by Gasteiger charge is 2.57. The Kier molecular flexibility index (Phi) is 4.95. The Bertz CT molecular complexity index is 579. The number of carbonyl (C=O) groups is 1. The van der Waals surface area contributed by atoms with Gasteiger partial charge in [0, 0.05) is 12.6 Å². The first-order valence-electron chi connectivity index (χ1n) is 5.47. The van der Waals surface area contributed by atoms with Gasteiger partial charge in [-0.15, -0.1) is 0 Å². The zero-order valence-electron chi connectivity index (χ0n) is 10.6. The second kappa shape index (κ2) is 5.98. The number of hydrogen-bond acceptors (Lipinski definition) is 4. The zero-order valence-corrected chi connectivity index (χ0v) is 12.2. The van der Waals surface area contributed by atoms with Crippen LogP contribution in [-0.2, 0) is 11.3 Å². The summed E-state index contributed by atoms with van der Waals surface area (Å²) in [5, 5.41) is 21.4. The average molecular weight is 371 g/mol. The van der Waals surface area contributed by atoms with Gasteiger partial charge in [-0.2, -0.15) is 13.2 Å². The van der Waals surface area contributed by atoms with Crippen LogP contribution in [0.4, 0.5) is 18.9 Å². The van der Waals surface area contributed by atoms with Crippen LogP contribution in [0.1, 0.15) is 12.5 Å². The number of aliphatic carboxylic acids is 1. The summed E-state index contributed by atoms with van der Waals surface area (Å²) in [7, 11) is 0. The SMILES string of the molecule is CC(NCc1cccc([N+](=O)[O-])c1Br)(C(=O)O)C(F)(F)F. The molecule has 1 atom stereocenters. The number of carboxylic acid groups (broad SMARTS) is 1. The van der Waals surface area contributed by atoms with Crippen LogP contribution in [0, 0.1) is 10.1 Å². The summed E-state index contributed by atoms with van der Waals surface area (Å²) in [6.07, 6.45) is -5.02. The Morgan fingerprint density at radius 2 is 2.05 bits per heavy atom. The van der Waals surface area contributed by atoms with Crippen molar-refractivity contribution in [2.24, 2.45) is 0 Å². The summed E-state index contributed by atoms with van der Waals surface area (Å²) in [4.78, 5) is 20.9. The lowest BCUT2D eigenvalue weighted by Gasteiger charge is -2.28. The molecule has 21 heavy (non-hydrogen) atoms. The Morgan fingerprint density at radius 1 is 1.48 bits per heavy atom. The molecule has 0 saturated carbocycles. The van der Waals surface area contributed by atoms with Crippen molar-refractivity contribution in [1.82, 2.24) is 5.32 Å². The van der Waals surface area contributed by atoms with Gasteiger partial charge in [-0.3, -0.25) is 15.4 Å². The molecule has 6 nitrogen and oxygen atoms in total. The summed E-state index contributed by atoms with van der Waals surface area (Å²) >= 11 is 2.93. The molecule has 0 aliphatic rings. The van der Waals surface area contributed by atoms with Crippen molar-refractivity contribution in [2.75, 3.05) is 0 Å². The number of alkyl halides is 3. The fraction of sp³-hybridized carbons (Fsp3) is 0.364. The highest BCUT2D eigenvalue weighted by Crippen LogP contribution is 2.32. The molecule has 0 heterocycles. The molecule has 0 saturated heterocycles. The molecule has 0 aromatic heterocycles. The highest BCUT2D eigenvalue weighted by atomic mass is 79.9. The molecule has 1 aromatic carbocycles. The van der Waals surface area contributed by atoms with E-state index in [9.17, 15) is 28.1 Å². The molecule has 1 rings (SSSR count). The zero-order chi connectivity index (χ0) is 16.4. The Labute approximate surface area is 125 Å². The standard InChI is InChI=1S/C11H10BrF3N2O4/c1-10(9(18)19,11(13,14)15)16-5-6-3-2-4-7(8(6)12)17(20)21/h2-4,16H,5H2,1H3,(H,18,19). The number of halogens is 4. The summed E-state index contributed by atoms with van der Waals surface area (Å²) < 4.78 is 38.4. The number of nitro groups is 1. The van der Waals surface area contributed by atoms with Gasteiger partial charge in [-0.05, 0) is 28.4 Å². The van der Waals surface area contributed by atoms with Gasteiger partial charge < -0.3 is 5.11 Å². The quantitative estimate of drug-likeness (QED) is 0.614. The van der Waals surface area contributed by atoms with E-state index in [2.05, 4.69) is 15.9 Å². The molecular formula is C11H10BrF3N2O4. The Morgan fingerprint density at radius 3 is 2.48 bits per heavy atom. The molecule has 0 radical (unpaired) electrons. The number of rotatable bonds is 5. The smallest absolute Gasteiger partial charge is 0.417 e. The van der Waals surface area contributed by atoms with Crippen molar-refractivity contribution in [3.8, 4) is 0 Å². The maximum atomic E-state index is 12.8. The van der Waals surface area contributed by atoms with Gasteiger partial charge in [0.25, 0.3) is 5.69 Å². The van der Waals surface area contributed by atoms with Crippen LogP contribution >= 0.6 is 15.9 Å². The lowest BCUT2D eigenvalue weighted by molar-refractivity contribution is -0.385. The topological polar surface area (TPSA) is 92.5 Å². The molecule has 10 heteroatoms. The van der Waals surface area contributed by atoms with Gasteiger partial charge in [0.2, 0.25) is 5.54 Å². The van der Waals surface area contributed by atoms with Crippen molar-refractivity contribution in [3.05, 3.63) is 38.3 Å². The van der Waals surface area contributed by atoms with Crippen molar-refractivity contribution in [2.45, 2.75) is 25.2 Å². The van der Waals surface area contributed by atoms with E-state index < -0.39 is 29.2 Å². The molecule has 1 unspecified atom stereocenters. The fourth-order valence-corrected chi connectivity index (χ4v) is 1.96. The van der Waals surface area contributed by atoms with Crippen LogP contribution in [0.2, 0.25) is 0 Å². The average Bonchev–Trinajstić information content (AvgIpc) is 2.35. The lowest BCUT2D eigenvalue weighted by Crippen LogP contribution is -2.59. The number of benzene rings is 1. The van der Waals surface area contributed by atoms with Crippen LogP contribution in [0.5, 0.6) is 0 Å². The van der Waals surface area contributed by atoms with Crippen molar-refractivity contribution < 1.29 is 28.0 Å². The molecule has 116 valence electrons. The van der Waals surface area contributed by atoms with E-state index in [0.29, 0.717) is 6.92 Å². The summed E-state index contributed by atoms with van der Waals surface area (Å²) in [6, 6.07) is 3.82. The molecule has 1 aromatic rings. The highest BCUT2D eigenvalue weighted by molar-refractivity contribution is 9.10. The number of nitrogens with one attached hydrogen (secondary N) is 1. The van der Waals surface area contributed by atoms with Crippen LogP contribution < -0.4 is 5.32 Å². The second-order valence-corrected chi connectivity index (χ2v) is 5.08. The number of nitrogens with zero attached hydrogens (tertiary/aromatic N) is 1. The fourth-order valence-electron chi connectivity index (χ4n) is 1.41. The van der Waals surface area contributed by atoms with Gasteiger partial charge in [0.15, 0.2) is 0 Å². The van der Waals surface area contributed by atoms with E-state index >= 15 is 0 Å². The normalized spacial score (nSPS) is 14.5. The first-order valence-corrected chi connectivity index (χ1v) is 6.27. The predicted molar refractivity (Wildman–Crippen MR) is 69.7 cm³/mol. The largest absolute Gasteiger partial charge is 0.480 e. The third kappa shape index (κ3) is 3.50. The van der Waals surface area contributed by atoms with Gasteiger partial charge in [0.05, 0.1) is 9.40 Å². The molecule has 0 aliphatic heterocycles. The molecule has 0 amide bonds. The van der Waals surface area contributed by atoms with Crippen molar-refractivity contribution in [1.29, 1.82) is 0 Å². The summed E-state index contributed by atoms with van der Waals surface area (Å²) in [5.41, 5.74) is -3.34. The van der Waals surface area contributed by atoms with E-state index in [-0.39, 0.29) is 15.7 Å². The molecule has 0 fully saturated rings. The first-order chi connectivity index (χ1) is 9.50. The van der Waals surface area contributed by atoms with Crippen LogP contribution in [-0.4, -0.2) is 27.7 Å². The van der Waals surface area contributed by atoms with E-state index in [4.69, 9.17) is 5.11 Å². The van der Waals surface area contributed by atoms with Crippen molar-refractivity contribution in [3.63, 3.8) is 0 Å². The molecule has 0 bridgehead atoms. The molecular weight excluding hydrogens is 361 g/mol. The number of nitro benzene ring substituents is 1. The molecule has 0 spiro atoms. The van der Waals surface area contributed by atoms with Gasteiger partial charge in [-0.1, -0.05) is 12.1 Å². The van der Waals surface area contributed by atoms with Crippen molar-refractivity contribution >= 4 is 27.6 Å². The Balaban J connectivity index is 3.05. The van der Waals surface area contributed by atoms with E-state index in [0.717, 1.165) is 0 Å². The number of carboxylic acids is 1. The first kappa shape index (κ1) is 17.4. The maximum Gasteiger partial charge on any atom is 0.417 e. The summed E-state index contributed by atoms with van der Waals surface area (Å²) in [6.45, 7) is -0.0227. The minimum absolute atomic E-state index is 0.00240. The van der Waals surface area contributed by atoms with Gasteiger partial charge in [0.1, 0.15) is 0 Å². The molecule has 0 aliphatic carbocycles. The predicted octanol–water partition coefficient (Wildman–Crippen LogP) is 2.85. The van der Waals surface area contributed by atoms with Crippen LogP contribution in [0.15, 0.2) is 22.7 Å². The van der Waals surface area contributed by atoms with Gasteiger partial charge >= 0.3 is 12.1 Å². The second-order valence-electron chi connectivity index (χ2n) is 4.29. The number of hydrogen-bond donors (Lipinski definition) is 2.